The fraction of sp³-hybridized carbons (Fsp3) is 0.0370. The van der Waals surface area contributed by atoms with Gasteiger partial charge < -0.3 is 10.1 Å². The van der Waals surface area contributed by atoms with Gasteiger partial charge >= 0.3 is 12.2 Å². The average molecular weight is 680 g/mol. The summed E-state index contributed by atoms with van der Waals surface area (Å²) in [6.45, 7) is 0. The first kappa shape index (κ1) is 32.0. The van der Waals surface area contributed by atoms with Gasteiger partial charge in [-0.25, -0.2) is 22.0 Å². The summed E-state index contributed by atoms with van der Waals surface area (Å²) in [4.78, 5) is 23.4. The van der Waals surface area contributed by atoms with E-state index in [1.54, 1.807) is 5.32 Å². The van der Waals surface area contributed by atoms with E-state index in [0.29, 0.717) is 6.07 Å². The second kappa shape index (κ2) is 12.4. The number of urea groups is 1. The first-order chi connectivity index (χ1) is 20.1. The molecule has 4 aromatic rings. The zero-order valence-corrected chi connectivity index (χ0v) is 24.0. The number of amides is 3. The van der Waals surface area contributed by atoms with E-state index >= 15 is 0 Å². The molecule has 0 aliphatic rings. The number of carbonyl (C=O) groups is 2. The number of benzene rings is 4. The molecule has 0 radical (unpaired) electrons. The molecule has 0 heterocycles. The number of alkyl halides is 3. The third kappa shape index (κ3) is 7.19. The highest BCUT2D eigenvalue weighted by Gasteiger charge is 2.36. The van der Waals surface area contributed by atoms with Gasteiger partial charge in [-0.1, -0.05) is 40.9 Å². The van der Waals surface area contributed by atoms with E-state index in [1.807, 2.05) is 0 Å². The van der Waals surface area contributed by atoms with Gasteiger partial charge in [0.25, 0.3) is 5.91 Å². The Bertz CT molecular complexity index is 1810. The van der Waals surface area contributed by atoms with Gasteiger partial charge in [0, 0.05) is 10.7 Å². The zero-order valence-electron chi connectivity index (χ0n) is 20.9. The van der Waals surface area contributed by atoms with E-state index in [0.717, 1.165) is 54.6 Å². The number of nitrogens with one attached hydrogen (secondary N) is 2. The van der Waals surface area contributed by atoms with Gasteiger partial charge in [-0.3, -0.25) is 10.1 Å². The Morgan fingerprint density at radius 2 is 1.35 bits per heavy atom. The van der Waals surface area contributed by atoms with Gasteiger partial charge in [-0.05, 0) is 66.7 Å². The summed E-state index contributed by atoms with van der Waals surface area (Å²) in [7, 11) is -4.37. The molecule has 7 nitrogen and oxygen atoms in total. The van der Waals surface area contributed by atoms with E-state index < -0.39 is 77.2 Å². The molecule has 43 heavy (non-hydrogen) atoms. The number of halogens is 8. The van der Waals surface area contributed by atoms with Crippen molar-refractivity contribution in [1.82, 2.24) is 5.32 Å². The number of sulfone groups is 1. The predicted octanol–water partition coefficient (Wildman–Crippen LogP) is 8.53. The molecule has 4 aromatic carbocycles. The second-order valence-electron chi connectivity index (χ2n) is 8.49. The van der Waals surface area contributed by atoms with Gasteiger partial charge in [0.1, 0.15) is 22.9 Å². The Kier molecular flexibility index (Phi) is 9.21. The lowest BCUT2D eigenvalue weighted by Gasteiger charge is -2.17. The third-order valence-corrected chi connectivity index (χ3v) is 8.16. The molecule has 0 unspecified atom stereocenters. The minimum absolute atomic E-state index is 0.179. The maximum atomic E-state index is 14.0. The van der Waals surface area contributed by atoms with Crippen LogP contribution in [0.5, 0.6) is 11.5 Å². The molecule has 0 aromatic heterocycles. The van der Waals surface area contributed by atoms with Crippen LogP contribution in [0.25, 0.3) is 0 Å². The highest BCUT2D eigenvalue weighted by Crippen LogP contribution is 2.44. The highest BCUT2D eigenvalue weighted by molar-refractivity contribution is 7.91. The minimum Gasteiger partial charge on any atom is -0.454 e. The summed E-state index contributed by atoms with van der Waals surface area (Å²) < 4.78 is 101. The van der Waals surface area contributed by atoms with E-state index in [-0.39, 0.29) is 15.6 Å². The Hall–Kier alpha value is -3.91. The van der Waals surface area contributed by atoms with Gasteiger partial charge in [-0.15, -0.1) is 0 Å². The molecule has 3 amide bonds. The van der Waals surface area contributed by atoms with Gasteiger partial charge in [-0.2, -0.15) is 13.2 Å². The number of rotatable bonds is 6. The molecule has 224 valence electrons. The number of ether oxygens (including phenoxy) is 1. The van der Waals surface area contributed by atoms with E-state index in [1.165, 1.54) is 12.1 Å². The summed E-state index contributed by atoms with van der Waals surface area (Å²) in [5.41, 5.74) is -2.65. The summed E-state index contributed by atoms with van der Waals surface area (Å²) in [6, 6.07) is 10.3. The Balaban J connectivity index is 1.58. The van der Waals surface area contributed by atoms with Crippen molar-refractivity contribution in [2.45, 2.75) is 16.0 Å². The maximum absolute atomic E-state index is 14.0. The lowest BCUT2D eigenvalue weighted by atomic mass is 10.2. The predicted molar refractivity (Wildman–Crippen MR) is 148 cm³/mol. The normalized spacial score (nSPS) is 11.6. The third-order valence-electron chi connectivity index (χ3n) is 5.58. The quantitative estimate of drug-likeness (QED) is 0.199. The van der Waals surface area contributed by atoms with Crippen molar-refractivity contribution in [3.8, 4) is 11.5 Å². The molecule has 0 saturated heterocycles. The molecule has 0 saturated carbocycles. The van der Waals surface area contributed by atoms with Crippen LogP contribution in [0.3, 0.4) is 0 Å². The van der Waals surface area contributed by atoms with Crippen LogP contribution in [0.2, 0.25) is 15.1 Å². The number of anilines is 1. The van der Waals surface area contributed by atoms with Crippen molar-refractivity contribution in [2.75, 3.05) is 5.32 Å². The second-order valence-corrected chi connectivity index (χ2v) is 11.7. The van der Waals surface area contributed by atoms with Crippen LogP contribution in [0.1, 0.15) is 15.9 Å². The SMILES string of the molecule is O=C(NC(=O)c1c(F)cccc1F)Nc1cc(Cl)c(Oc2ccc(S(=O)(=O)c3ccc(Cl)cc3)cc2C(F)(F)F)c(Cl)c1. The van der Waals surface area contributed by atoms with E-state index in [4.69, 9.17) is 39.5 Å². The van der Waals surface area contributed by atoms with Crippen LogP contribution < -0.4 is 15.4 Å². The van der Waals surface area contributed by atoms with E-state index in [9.17, 15) is 40.0 Å². The van der Waals surface area contributed by atoms with Crippen molar-refractivity contribution in [1.29, 1.82) is 0 Å². The molecular formula is C27H14Cl3F5N2O5S. The molecule has 2 N–H and O–H groups in total. The molecule has 0 aliphatic carbocycles. The largest absolute Gasteiger partial charge is 0.454 e. The number of carbonyl (C=O) groups excluding carboxylic acids is 2. The van der Waals surface area contributed by atoms with Crippen molar-refractivity contribution >= 4 is 62.3 Å². The Morgan fingerprint density at radius 3 is 1.91 bits per heavy atom. The molecule has 0 bridgehead atoms. The maximum Gasteiger partial charge on any atom is 0.420 e. The standard InChI is InChI=1S/C27H14Cl3F5N2O5S/c28-13-4-6-15(7-5-13)43(40,41)16-8-9-22(17(12-16)27(33,34)35)42-24-18(29)10-14(11-19(24)30)36-26(39)37-25(38)23-20(31)2-1-3-21(23)32/h1-12H,(H2,36,37,38,39). The Morgan fingerprint density at radius 1 is 0.791 bits per heavy atom. The summed E-state index contributed by atoms with van der Waals surface area (Å²) in [5, 5.41) is 3.26. The van der Waals surface area contributed by atoms with Crippen LogP contribution in [-0.2, 0) is 16.0 Å². The smallest absolute Gasteiger partial charge is 0.420 e. The van der Waals surface area contributed by atoms with Crippen LogP contribution >= 0.6 is 34.8 Å². The first-order valence-electron chi connectivity index (χ1n) is 11.5. The molecule has 0 spiro atoms. The molecule has 0 aliphatic heterocycles. The zero-order chi connectivity index (χ0) is 31.7. The van der Waals surface area contributed by atoms with Gasteiger partial charge in [0.2, 0.25) is 9.84 Å². The topological polar surface area (TPSA) is 102 Å². The van der Waals surface area contributed by atoms with Crippen molar-refractivity contribution in [3.05, 3.63) is 111 Å². The van der Waals surface area contributed by atoms with Gasteiger partial charge in [0.05, 0.1) is 25.4 Å². The minimum atomic E-state index is -5.08. The first-order valence-corrected chi connectivity index (χ1v) is 14.1. The number of hydrogen-bond donors (Lipinski definition) is 2. The highest BCUT2D eigenvalue weighted by atomic mass is 35.5. The summed E-state index contributed by atoms with van der Waals surface area (Å²) in [6.07, 6.45) is -5.08. The van der Waals surface area contributed by atoms with Crippen LogP contribution in [-0.4, -0.2) is 20.4 Å². The Labute approximate surface area is 255 Å². The summed E-state index contributed by atoms with van der Waals surface area (Å²) >= 11 is 18.0. The van der Waals surface area contributed by atoms with Crippen molar-refractivity contribution < 1.29 is 44.7 Å². The number of imide groups is 1. The van der Waals surface area contributed by atoms with Crippen LogP contribution in [0.15, 0.2) is 82.6 Å². The molecule has 0 atom stereocenters. The van der Waals surface area contributed by atoms with Crippen molar-refractivity contribution in [2.24, 2.45) is 0 Å². The van der Waals surface area contributed by atoms with Crippen LogP contribution in [0, 0.1) is 11.6 Å². The lowest BCUT2D eigenvalue weighted by Crippen LogP contribution is -2.35. The molecule has 16 heteroatoms. The number of hydrogen-bond acceptors (Lipinski definition) is 5. The monoisotopic (exact) mass is 678 g/mol. The fourth-order valence-electron chi connectivity index (χ4n) is 3.62. The summed E-state index contributed by atoms with van der Waals surface area (Å²) in [5.74, 6) is -5.16. The van der Waals surface area contributed by atoms with Crippen LogP contribution in [0.4, 0.5) is 32.4 Å². The van der Waals surface area contributed by atoms with E-state index in [2.05, 4.69) is 5.32 Å². The molecular weight excluding hydrogens is 666 g/mol. The van der Waals surface area contributed by atoms with Gasteiger partial charge in [0.15, 0.2) is 5.75 Å². The fourth-order valence-corrected chi connectivity index (χ4v) is 5.60. The molecule has 4 rings (SSSR count). The van der Waals surface area contributed by atoms with Crippen molar-refractivity contribution in [3.63, 3.8) is 0 Å². The molecule has 0 fully saturated rings. The lowest BCUT2D eigenvalue weighted by molar-refractivity contribution is -0.138. The average Bonchev–Trinajstić information content (AvgIpc) is 2.90.